The number of nitrogens with zero attached hydrogens (tertiary/aromatic N) is 2. The lowest BCUT2D eigenvalue weighted by Gasteiger charge is -2.26. The maximum atomic E-state index is 11.4. The summed E-state index contributed by atoms with van der Waals surface area (Å²) < 4.78 is 5.89. The molecule has 8 nitrogen and oxygen atoms in total. The van der Waals surface area contributed by atoms with E-state index in [-0.39, 0.29) is 12.5 Å². The highest BCUT2D eigenvalue weighted by Gasteiger charge is 2.21. The summed E-state index contributed by atoms with van der Waals surface area (Å²) in [5, 5.41) is 15.5. The summed E-state index contributed by atoms with van der Waals surface area (Å²) in [6.45, 7) is 5.92. The maximum Gasteiger partial charge on any atom is 0.301 e. The topological polar surface area (TPSA) is 112 Å². The zero-order chi connectivity index (χ0) is 24.3. The Bertz CT molecular complexity index is 1300. The van der Waals surface area contributed by atoms with Crippen molar-refractivity contribution in [1.29, 1.82) is 0 Å². The van der Waals surface area contributed by atoms with Gasteiger partial charge in [0, 0.05) is 24.7 Å². The molecule has 9 heteroatoms. The van der Waals surface area contributed by atoms with Crippen molar-refractivity contribution in [3.8, 4) is 23.0 Å². The SMILES string of the molecule is CC(=O)NC(C)(C)c1ccc(Oc2nc3nc(-c4ccc(NCCO)cc4)c(Cl)cc3[nH]2)cc1. The van der Waals surface area contributed by atoms with Crippen LogP contribution in [-0.2, 0) is 10.3 Å². The van der Waals surface area contributed by atoms with Crippen molar-refractivity contribution >= 4 is 34.4 Å². The van der Waals surface area contributed by atoms with Gasteiger partial charge >= 0.3 is 6.01 Å². The number of amides is 1. The Morgan fingerprint density at radius 2 is 1.82 bits per heavy atom. The summed E-state index contributed by atoms with van der Waals surface area (Å²) in [6.07, 6.45) is 0. The molecule has 4 rings (SSSR count). The third kappa shape index (κ3) is 5.30. The zero-order valence-corrected chi connectivity index (χ0v) is 19.9. The molecule has 0 aliphatic carbocycles. The van der Waals surface area contributed by atoms with E-state index in [1.54, 1.807) is 6.07 Å². The molecule has 0 atom stereocenters. The van der Waals surface area contributed by atoms with Gasteiger partial charge in [0.05, 0.1) is 28.4 Å². The molecule has 1 amide bonds. The minimum absolute atomic E-state index is 0.0641. The van der Waals surface area contributed by atoms with Gasteiger partial charge in [0.15, 0.2) is 5.65 Å². The number of nitrogens with one attached hydrogen (secondary N) is 3. The molecule has 176 valence electrons. The van der Waals surface area contributed by atoms with E-state index in [2.05, 4.69) is 25.6 Å². The van der Waals surface area contributed by atoms with Crippen LogP contribution in [0, 0.1) is 0 Å². The number of fused-ring (bicyclic) bond motifs is 1. The number of halogens is 1. The highest BCUT2D eigenvalue weighted by Crippen LogP contribution is 2.31. The van der Waals surface area contributed by atoms with Crippen LogP contribution >= 0.6 is 11.6 Å². The molecule has 2 heterocycles. The number of hydrogen-bond acceptors (Lipinski definition) is 6. The van der Waals surface area contributed by atoms with Crippen LogP contribution in [0.5, 0.6) is 11.8 Å². The number of aliphatic hydroxyl groups excluding tert-OH is 1. The van der Waals surface area contributed by atoms with Crippen LogP contribution in [-0.4, -0.2) is 39.1 Å². The fourth-order valence-corrected chi connectivity index (χ4v) is 3.92. The van der Waals surface area contributed by atoms with E-state index < -0.39 is 5.54 Å². The van der Waals surface area contributed by atoms with Gasteiger partial charge in [-0.1, -0.05) is 35.9 Å². The standard InChI is InChI=1S/C25H26ClN5O3/c1-15(33)31-25(2,3)17-6-10-19(11-7-17)34-24-28-21-14-20(26)22(29-23(21)30-24)16-4-8-18(9-5-16)27-12-13-32/h4-11,14,27,32H,12-13H2,1-3H3,(H,31,33)(H,28,29,30). The van der Waals surface area contributed by atoms with Crippen LogP contribution in [0.15, 0.2) is 54.6 Å². The molecule has 0 radical (unpaired) electrons. The highest BCUT2D eigenvalue weighted by molar-refractivity contribution is 6.33. The van der Waals surface area contributed by atoms with E-state index in [9.17, 15) is 4.79 Å². The Morgan fingerprint density at radius 1 is 1.12 bits per heavy atom. The Morgan fingerprint density at radius 3 is 2.47 bits per heavy atom. The Hall–Kier alpha value is -3.62. The number of carbonyl (C=O) groups excluding carboxylic acids is 1. The van der Waals surface area contributed by atoms with E-state index in [4.69, 9.17) is 21.4 Å². The molecule has 4 N–H and O–H groups in total. The molecule has 0 bridgehead atoms. The van der Waals surface area contributed by atoms with E-state index in [0.29, 0.717) is 40.2 Å². The average Bonchev–Trinajstić information content (AvgIpc) is 3.18. The molecule has 0 aliphatic rings. The second-order valence-electron chi connectivity index (χ2n) is 8.39. The van der Waals surface area contributed by atoms with Crippen molar-refractivity contribution in [2.75, 3.05) is 18.5 Å². The number of hydrogen-bond donors (Lipinski definition) is 4. The first-order valence-corrected chi connectivity index (χ1v) is 11.2. The minimum atomic E-state index is -0.492. The molecule has 0 spiro atoms. The molecule has 0 fully saturated rings. The summed E-state index contributed by atoms with van der Waals surface area (Å²) in [5.74, 6) is 0.506. The van der Waals surface area contributed by atoms with Gasteiger partial charge in [0.2, 0.25) is 5.91 Å². The van der Waals surface area contributed by atoms with Crippen LogP contribution < -0.4 is 15.4 Å². The first-order valence-electron chi connectivity index (χ1n) is 10.8. The number of rotatable bonds is 8. The zero-order valence-electron chi connectivity index (χ0n) is 19.1. The number of anilines is 1. The van der Waals surface area contributed by atoms with Gasteiger partial charge in [-0.15, -0.1) is 0 Å². The van der Waals surface area contributed by atoms with Crippen molar-refractivity contribution in [2.24, 2.45) is 0 Å². The monoisotopic (exact) mass is 479 g/mol. The van der Waals surface area contributed by atoms with Gasteiger partial charge in [0.1, 0.15) is 5.75 Å². The van der Waals surface area contributed by atoms with Crippen molar-refractivity contribution < 1.29 is 14.6 Å². The Balaban J connectivity index is 1.53. The second-order valence-corrected chi connectivity index (χ2v) is 8.80. The maximum absolute atomic E-state index is 11.4. The summed E-state index contributed by atoms with van der Waals surface area (Å²) in [6, 6.07) is 17.2. The van der Waals surface area contributed by atoms with E-state index in [0.717, 1.165) is 16.8 Å². The summed E-state index contributed by atoms with van der Waals surface area (Å²) >= 11 is 6.50. The number of aromatic nitrogens is 3. The first kappa shape index (κ1) is 23.5. The Labute approximate surface area is 202 Å². The number of ether oxygens (including phenoxy) is 1. The third-order valence-corrected chi connectivity index (χ3v) is 5.57. The molecule has 0 aliphatic heterocycles. The first-order chi connectivity index (χ1) is 16.2. The molecule has 4 aromatic rings. The molecule has 0 unspecified atom stereocenters. The van der Waals surface area contributed by atoms with Gasteiger partial charge < -0.3 is 25.5 Å². The molecular formula is C25H26ClN5O3. The molecular weight excluding hydrogens is 454 g/mol. The number of imidazole rings is 1. The fourth-order valence-electron chi connectivity index (χ4n) is 3.66. The highest BCUT2D eigenvalue weighted by atomic mass is 35.5. The van der Waals surface area contributed by atoms with Crippen molar-refractivity contribution in [3.05, 3.63) is 65.2 Å². The summed E-state index contributed by atoms with van der Waals surface area (Å²) in [5.41, 5.74) is 3.98. The predicted molar refractivity (Wildman–Crippen MR) is 133 cm³/mol. The van der Waals surface area contributed by atoms with Crippen LogP contribution in [0.25, 0.3) is 22.4 Å². The number of benzene rings is 2. The smallest absolute Gasteiger partial charge is 0.301 e. The average molecular weight is 480 g/mol. The summed E-state index contributed by atoms with van der Waals surface area (Å²) in [7, 11) is 0. The molecule has 34 heavy (non-hydrogen) atoms. The van der Waals surface area contributed by atoms with Crippen LogP contribution in [0.2, 0.25) is 5.02 Å². The summed E-state index contributed by atoms with van der Waals surface area (Å²) in [4.78, 5) is 23.6. The van der Waals surface area contributed by atoms with Gasteiger partial charge in [-0.3, -0.25) is 4.79 Å². The van der Waals surface area contributed by atoms with Crippen LogP contribution in [0.1, 0.15) is 26.3 Å². The number of H-pyrrole nitrogens is 1. The number of aliphatic hydroxyl groups is 1. The number of aromatic amines is 1. The lowest BCUT2D eigenvalue weighted by molar-refractivity contribution is -0.120. The normalized spacial score (nSPS) is 11.4. The van der Waals surface area contributed by atoms with Crippen molar-refractivity contribution in [2.45, 2.75) is 26.3 Å². The van der Waals surface area contributed by atoms with E-state index >= 15 is 0 Å². The van der Waals surface area contributed by atoms with E-state index in [1.165, 1.54) is 6.92 Å². The quantitative estimate of drug-likeness (QED) is 0.287. The molecule has 0 saturated carbocycles. The van der Waals surface area contributed by atoms with Crippen LogP contribution in [0.3, 0.4) is 0 Å². The Kier molecular flexibility index (Phi) is 6.72. The fraction of sp³-hybridized carbons (Fsp3) is 0.240. The van der Waals surface area contributed by atoms with Gasteiger partial charge in [-0.25, -0.2) is 4.98 Å². The van der Waals surface area contributed by atoms with Gasteiger partial charge in [-0.2, -0.15) is 4.98 Å². The molecule has 2 aromatic heterocycles. The number of carbonyl (C=O) groups is 1. The lowest BCUT2D eigenvalue weighted by atomic mass is 9.94. The number of pyridine rings is 1. The van der Waals surface area contributed by atoms with Gasteiger partial charge in [0.25, 0.3) is 0 Å². The largest absolute Gasteiger partial charge is 0.426 e. The second kappa shape index (κ2) is 9.70. The predicted octanol–water partition coefficient (Wildman–Crippen LogP) is 4.85. The van der Waals surface area contributed by atoms with Gasteiger partial charge in [-0.05, 0) is 49.7 Å². The third-order valence-electron chi connectivity index (χ3n) is 5.28. The molecule has 2 aromatic carbocycles. The molecule has 0 saturated heterocycles. The lowest BCUT2D eigenvalue weighted by Crippen LogP contribution is -2.39. The van der Waals surface area contributed by atoms with E-state index in [1.807, 2.05) is 62.4 Å². The van der Waals surface area contributed by atoms with Crippen LogP contribution in [0.4, 0.5) is 5.69 Å². The van der Waals surface area contributed by atoms with Crippen molar-refractivity contribution in [1.82, 2.24) is 20.3 Å². The minimum Gasteiger partial charge on any atom is -0.426 e. The van der Waals surface area contributed by atoms with Crippen molar-refractivity contribution in [3.63, 3.8) is 0 Å².